The van der Waals surface area contributed by atoms with E-state index in [1.54, 1.807) is 24.9 Å². The first-order valence-electron chi connectivity index (χ1n) is 10.7. The zero-order valence-corrected chi connectivity index (χ0v) is 19.3. The average Bonchev–Trinajstić information content (AvgIpc) is 2.80. The number of nitrogens with one attached hydrogen (secondary N) is 2. The van der Waals surface area contributed by atoms with E-state index in [1.807, 2.05) is 36.4 Å². The molecule has 0 aliphatic rings. The number of nitrogens with zero attached hydrogens (tertiary/aromatic N) is 1. The third-order valence-corrected chi connectivity index (χ3v) is 5.70. The van der Waals surface area contributed by atoms with Crippen molar-refractivity contribution in [1.29, 1.82) is 0 Å². The normalized spacial score (nSPS) is 10.8. The molecule has 8 heteroatoms. The second kappa shape index (κ2) is 11.5. The standard InChI is InChI=1S/C24H29N3O4S/c1-30-18-11-12-21(31-2)17(16-18)13-14-25-22(28)10-4-3-7-15-27-23(29)19-8-5-6-9-20(19)26-24(27)32/h5-6,8-9,11-12,16H,3-4,7,10,13-15H2,1-2H3,(H,25,28)(H,26,32). The molecule has 2 aromatic carbocycles. The number of carbonyl (C=O) groups is 1. The number of para-hydroxylation sites is 1. The lowest BCUT2D eigenvalue weighted by atomic mass is 10.1. The van der Waals surface area contributed by atoms with Crippen molar-refractivity contribution >= 4 is 29.0 Å². The van der Waals surface area contributed by atoms with Gasteiger partial charge in [-0.15, -0.1) is 0 Å². The van der Waals surface area contributed by atoms with Crippen LogP contribution in [-0.2, 0) is 17.8 Å². The summed E-state index contributed by atoms with van der Waals surface area (Å²) in [5, 5.41) is 3.59. The summed E-state index contributed by atoms with van der Waals surface area (Å²) in [5.41, 5.74) is 1.67. The van der Waals surface area contributed by atoms with Crippen LogP contribution in [0.4, 0.5) is 0 Å². The summed E-state index contributed by atoms with van der Waals surface area (Å²) < 4.78 is 12.6. The summed E-state index contributed by atoms with van der Waals surface area (Å²) in [6.45, 7) is 1.07. The van der Waals surface area contributed by atoms with E-state index in [-0.39, 0.29) is 11.5 Å². The first-order valence-corrected chi connectivity index (χ1v) is 11.1. The lowest BCUT2D eigenvalue weighted by molar-refractivity contribution is -0.121. The minimum atomic E-state index is -0.0740. The molecule has 32 heavy (non-hydrogen) atoms. The van der Waals surface area contributed by atoms with Crippen LogP contribution >= 0.6 is 12.2 Å². The van der Waals surface area contributed by atoms with Crippen molar-refractivity contribution in [1.82, 2.24) is 14.9 Å². The van der Waals surface area contributed by atoms with E-state index in [2.05, 4.69) is 10.3 Å². The molecular formula is C24H29N3O4S. The fourth-order valence-electron chi connectivity index (χ4n) is 3.64. The van der Waals surface area contributed by atoms with Gasteiger partial charge in [0, 0.05) is 19.5 Å². The van der Waals surface area contributed by atoms with E-state index in [0.717, 1.165) is 41.8 Å². The number of ether oxygens (including phenoxy) is 2. The molecular weight excluding hydrogens is 426 g/mol. The van der Waals surface area contributed by atoms with Crippen LogP contribution in [0.2, 0.25) is 0 Å². The van der Waals surface area contributed by atoms with E-state index in [9.17, 15) is 9.59 Å². The Morgan fingerprint density at radius 3 is 2.69 bits per heavy atom. The summed E-state index contributed by atoms with van der Waals surface area (Å²) in [6.07, 6.45) is 3.49. The Morgan fingerprint density at radius 2 is 1.91 bits per heavy atom. The predicted molar refractivity (Wildman–Crippen MR) is 128 cm³/mol. The molecule has 0 radical (unpaired) electrons. The SMILES string of the molecule is COc1ccc(OC)c(CCNC(=O)CCCCCn2c(=S)[nH]c3ccccc3c2=O)c1. The molecule has 7 nitrogen and oxygen atoms in total. The molecule has 3 rings (SSSR count). The zero-order chi connectivity index (χ0) is 22.9. The van der Waals surface area contributed by atoms with Crippen LogP contribution < -0.4 is 20.3 Å². The van der Waals surface area contributed by atoms with Gasteiger partial charge < -0.3 is 19.8 Å². The Morgan fingerprint density at radius 1 is 1.09 bits per heavy atom. The van der Waals surface area contributed by atoms with Crippen LogP contribution in [-0.4, -0.2) is 36.2 Å². The average molecular weight is 456 g/mol. The van der Waals surface area contributed by atoms with E-state index in [0.29, 0.717) is 36.1 Å². The molecule has 1 aromatic heterocycles. The van der Waals surface area contributed by atoms with Gasteiger partial charge in [0.25, 0.3) is 5.56 Å². The second-order valence-electron chi connectivity index (χ2n) is 7.52. The topological polar surface area (TPSA) is 85.3 Å². The van der Waals surface area contributed by atoms with Crippen molar-refractivity contribution in [2.24, 2.45) is 0 Å². The van der Waals surface area contributed by atoms with Crippen molar-refractivity contribution in [2.45, 2.75) is 38.6 Å². The van der Waals surface area contributed by atoms with Crippen LogP contribution in [0.3, 0.4) is 0 Å². The number of hydrogen-bond donors (Lipinski definition) is 2. The highest BCUT2D eigenvalue weighted by atomic mass is 32.1. The number of carbonyl (C=O) groups excluding carboxylic acids is 1. The quantitative estimate of drug-likeness (QED) is 0.337. The van der Waals surface area contributed by atoms with Crippen molar-refractivity contribution in [3.63, 3.8) is 0 Å². The molecule has 3 aromatic rings. The van der Waals surface area contributed by atoms with Crippen LogP contribution in [0.25, 0.3) is 10.9 Å². The third-order valence-electron chi connectivity index (χ3n) is 5.38. The molecule has 2 N–H and O–H groups in total. The lowest BCUT2D eigenvalue weighted by Gasteiger charge is -2.11. The molecule has 170 valence electrons. The Hall–Kier alpha value is -3.13. The summed E-state index contributed by atoms with van der Waals surface area (Å²) >= 11 is 5.33. The molecule has 0 fully saturated rings. The zero-order valence-electron chi connectivity index (χ0n) is 18.5. The number of fused-ring (bicyclic) bond motifs is 1. The summed E-state index contributed by atoms with van der Waals surface area (Å²) in [4.78, 5) is 27.9. The van der Waals surface area contributed by atoms with E-state index in [1.165, 1.54) is 0 Å². The van der Waals surface area contributed by atoms with Crippen LogP contribution in [0, 0.1) is 4.77 Å². The number of aromatic nitrogens is 2. The van der Waals surface area contributed by atoms with Gasteiger partial charge in [0.2, 0.25) is 5.91 Å². The minimum absolute atomic E-state index is 0.0204. The van der Waals surface area contributed by atoms with Gasteiger partial charge in [0.15, 0.2) is 4.77 Å². The van der Waals surface area contributed by atoms with Gasteiger partial charge >= 0.3 is 0 Å². The van der Waals surface area contributed by atoms with E-state index >= 15 is 0 Å². The monoisotopic (exact) mass is 455 g/mol. The van der Waals surface area contributed by atoms with E-state index < -0.39 is 0 Å². The summed E-state index contributed by atoms with van der Waals surface area (Å²) in [7, 11) is 3.25. The maximum absolute atomic E-state index is 12.6. The smallest absolute Gasteiger partial charge is 0.262 e. The van der Waals surface area contributed by atoms with Crippen LogP contribution in [0.15, 0.2) is 47.3 Å². The predicted octanol–water partition coefficient (Wildman–Crippen LogP) is 4.00. The Labute approximate surface area is 192 Å². The second-order valence-corrected chi connectivity index (χ2v) is 7.91. The number of hydrogen-bond acceptors (Lipinski definition) is 5. The molecule has 0 aliphatic heterocycles. The number of H-pyrrole nitrogens is 1. The van der Waals surface area contributed by atoms with E-state index in [4.69, 9.17) is 21.7 Å². The first-order chi connectivity index (χ1) is 15.5. The van der Waals surface area contributed by atoms with Gasteiger partial charge in [0.05, 0.1) is 25.1 Å². The molecule has 0 aliphatic carbocycles. The number of amides is 1. The maximum Gasteiger partial charge on any atom is 0.262 e. The Kier molecular flexibility index (Phi) is 8.44. The molecule has 1 amide bonds. The lowest BCUT2D eigenvalue weighted by Crippen LogP contribution is -2.25. The highest BCUT2D eigenvalue weighted by Crippen LogP contribution is 2.24. The highest BCUT2D eigenvalue weighted by Gasteiger charge is 2.08. The molecule has 0 spiro atoms. The fourth-order valence-corrected chi connectivity index (χ4v) is 3.92. The molecule has 0 unspecified atom stereocenters. The fraction of sp³-hybridized carbons (Fsp3) is 0.375. The van der Waals surface area contributed by atoms with Gasteiger partial charge in [-0.1, -0.05) is 18.6 Å². The molecule has 1 heterocycles. The summed E-state index contributed by atoms with van der Waals surface area (Å²) in [5.74, 6) is 1.56. The van der Waals surface area contributed by atoms with Crippen molar-refractivity contribution in [3.05, 3.63) is 63.2 Å². The number of aromatic amines is 1. The minimum Gasteiger partial charge on any atom is -0.497 e. The molecule has 0 bridgehead atoms. The van der Waals surface area contributed by atoms with Crippen molar-refractivity contribution in [3.8, 4) is 11.5 Å². The first kappa shape index (κ1) is 23.5. The van der Waals surface area contributed by atoms with Gasteiger partial charge in [0.1, 0.15) is 11.5 Å². The maximum atomic E-state index is 12.6. The molecule has 0 atom stereocenters. The number of methoxy groups -OCH3 is 2. The van der Waals surface area contributed by atoms with Gasteiger partial charge in [-0.2, -0.15) is 0 Å². The largest absolute Gasteiger partial charge is 0.497 e. The van der Waals surface area contributed by atoms with Crippen molar-refractivity contribution in [2.75, 3.05) is 20.8 Å². The summed E-state index contributed by atoms with van der Waals surface area (Å²) in [6, 6.07) is 13.0. The van der Waals surface area contributed by atoms with Gasteiger partial charge in [-0.3, -0.25) is 14.2 Å². The van der Waals surface area contributed by atoms with Crippen molar-refractivity contribution < 1.29 is 14.3 Å². The molecule has 0 saturated heterocycles. The van der Waals surface area contributed by atoms with Crippen LogP contribution in [0.1, 0.15) is 31.2 Å². The number of unbranched alkanes of at least 4 members (excludes halogenated alkanes) is 2. The van der Waals surface area contributed by atoms with Gasteiger partial charge in [-0.25, -0.2) is 0 Å². The van der Waals surface area contributed by atoms with Gasteiger partial charge in [-0.05, 0) is 67.4 Å². The molecule has 0 saturated carbocycles. The Balaban J connectivity index is 1.40. The third kappa shape index (κ3) is 5.97. The Bertz CT molecular complexity index is 1190. The number of benzene rings is 2. The van der Waals surface area contributed by atoms with Crippen LogP contribution in [0.5, 0.6) is 11.5 Å². The highest BCUT2D eigenvalue weighted by molar-refractivity contribution is 7.71. The number of rotatable bonds is 11.